The summed E-state index contributed by atoms with van der Waals surface area (Å²) in [7, 11) is 0. The van der Waals surface area contributed by atoms with Crippen LogP contribution in [0.1, 0.15) is 15.9 Å². The lowest BCUT2D eigenvalue weighted by Crippen LogP contribution is -2.41. The van der Waals surface area contributed by atoms with Crippen molar-refractivity contribution in [2.75, 3.05) is 38.2 Å². The molecule has 3 rings (SSSR count). The van der Waals surface area contributed by atoms with Crippen LogP contribution in [0.3, 0.4) is 0 Å². The number of amides is 3. The Bertz CT molecular complexity index is 1070. The van der Waals surface area contributed by atoms with Gasteiger partial charge in [-0.2, -0.15) is 5.10 Å². The lowest BCUT2D eigenvalue weighted by atomic mass is 10.1. The number of hydrogen-bond donors (Lipinski definition) is 2. The lowest BCUT2D eigenvalue weighted by Gasteiger charge is -2.27. The van der Waals surface area contributed by atoms with Crippen LogP contribution in [-0.4, -0.2) is 61.7 Å². The Morgan fingerprint density at radius 1 is 1.15 bits per heavy atom. The molecule has 0 atom stereocenters. The quantitative estimate of drug-likeness (QED) is 0.255. The van der Waals surface area contributed by atoms with E-state index in [9.17, 15) is 14.4 Å². The Morgan fingerprint density at radius 2 is 1.91 bits per heavy atom. The Morgan fingerprint density at radius 3 is 2.67 bits per heavy atom. The van der Waals surface area contributed by atoms with Crippen molar-refractivity contribution in [3.8, 4) is 5.75 Å². The summed E-state index contributed by atoms with van der Waals surface area (Å²) in [5.74, 6) is -1.56. The molecule has 9 nitrogen and oxygen atoms in total. The molecule has 0 aromatic heterocycles. The van der Waals surface area contributed by atoms with Gasteiger partial charge in [0, 0.05) is 23.1 Å². The summed E-state index contributed by atoms with van der Waals surface area (Å²) in [5.41, 5.74) is 3.36. The van der Waals surface area contributed by atoms with E-state index in [0.29, 0.717) is 49.8 Å². The predicted molar refractivity (Wildman–Crippen MR) is 127 cm³/mol. The van der Waals surface area contributed by atoms with Crippen LogP contribution in [0.25, 0.3) is 0 Å². The first-order chi connectivity index (χ1) is 16.0. The number of carbonyl (C=O) groups excluding carboxylic acids is 3. The van der Waals surface area contributed by atoms with E-state index in [1.54, 1.807) is 53.4 Å². The van der Waals surface area contributed by atoms with Crippen LogP contribution in [0.5, 0.6) is 5.75 Å². The number of ether oxygens (including phenoxy) is 2. The Hall–Kier alpha value is -3.50. The molecule has 0 aliphatic carbocycles. The number of rotatable bonds is 7. The second-order valence-electron chi connectivity index (χ2n) is 6.89. The third-order valence-electron chi connectivity index (χ3n) is 4.62. The molecular weight excluding hydrogens is 492 g/mol. The van der Waals surface area contributed by atoms with Crippen LogP contribution >= 0.6 is 15.9 Å². The van der Waals surface area contributed by atoms with E-state index in [2.05, 4.69) is 38.4 Å². The highest BCUT2D eigenvalue weighted by Gasteiger charge is 2.22. The van der Waals surface area contributed by atoms with Crippen molar-refractivity contribution in [2.24, 2.45) is 5.10 Å². The molecule has 1 heterocycles. The Labute approximate surface area is 199 Å². The molecule has 2 aromatic carbocycles. The zero-order valence-electron chi connectivity index (χ0n) is 17.8. The summed E-state index contributed by atoms with van der Waals surface area (Å²) >= 11 is 3.39. The second kappa shape index (κ2) is 11.9. The molecule has 1 fully saturated rings. The number of para-hydroxylation sites is 1. The molecule has 33 heavy (non-hydrogen) atoms. The van der Waals surface area contributed by atoms with Crippen LogP contribution in [0.4, 0.5) is 5.69 Å². The zero-order valence-corrected chi connectivity index (χ0v) is 19.3. The van der Waals surface area contributed by atoms with Gasteiger partial charge in [0.05, 0.1) is 30.7 Å². The van der Waals surface area contributed by atoms with Crippen molar-refractivity contribution < 1.29 is 23.9 Å². The lowest BCUT2D eigenvalue weighted by molar-refractivity contribution is -0.136. The van der Waals surface area contributed by atoms with Gasteiger partial charge in [-0.05, 0) is 30.3 Å². The highest BCUT2D eigenvalue weighted by atomic mass is 79.9. The molecule has 3 amide bonds. The van der Waals surface area contributed by atoms with Gasteiger partial charge in [-0.3, -0.25) is 14.4 Å². The maximum absolute atomic E-state index is 12.8. The molecule has 1 aliphatic heterocycles. The summed E-state index contributed by atoms with van der Waals surface area (Å²) in [6, 6.07) is 11.8. The molecule has 0 unspecified atom stereocenters. The van der Waals surface area contributed by atoms with Gasteiger partial charge in [-0.15, -0.1) is 0 Å². The summed E-state index contributed by atoms with van der Waals surface area (Å²) in [5, 5.41) is 6.32. The fourth-order valence-electron chi connectivity index (χ4n) is 2.97. The topological polar surface area (TPSA) is 109 Å². The number of anilines is 1. The molecule has 0 saturated carbocycles. The molecule has 172 valence electrons. The van der Waals surface area contributed by atoms with Gasteiger partial charge in [0.15, 0.2) is 0 Å². The van der Waals surface area contributed by atoms with Gasteiger partial charge >= 0.3 is 11.8 Å². The van der Waals surface area contributed by atoms with Gasteiger partial charge in [-0.25, -0.2) is 5.43 Å². The van der Waals surface area contributed by atoms with Crippen molar-refractivity contribution in [3.05, 3.63) is 70.7 Å². The molecular formula is C23H23BrN4O5. The Kier molecular flexibility index (Phi) is 8.73. The fraction of sp³-hybridized carbons (Fsp3) is 0.217. The summed E-state index contributed by atoms with van der Waals surface area (Å²) in [4.78, 5) is 39.0. The maximum atomic E-state index is 12.8. The van der Waals surface area contributed by atoms with Crippen LogP contribution in [0.15, 0.2) is 64.7 Å². The van der Waals surface area contributed by atoms with E-state index < -0.39 is 11.8 Å². The summed E-state index contributed by atoms with van der Waals surface area (Å²) < 4.78 is 11.5. The SMILES string of the molecule is C=CCOc1ccc(Br)c(C=NNC(=O)C(=O)Nc2ccccc2C(=O)N2CCOCC2)c1. The number of nitrogens with one attached hydrogen (secondary N) is 2. The Balaban J connectivity index is 1.62. The van der Waals surface area contributed by atoms with Crippen molar-refractivity contribution in [1.82, 2.24) is 10.3 Å². The minimum Gasteiger partial charge on any atom is -0.490 e. The molecule has 10 heteroatoms. The van der Waals surface area contributed by atoms with E-state index in [-0.39, 0.29) is 11.6 Å². The fourth-order valence-corrected chi connectivity index (χ4v) is 3.32. The van der Waals surface area contributed by atoms with Gasteiger partial charge < -0.3 is 19.7 Å². The van der Waals surface area contributed by atoms with Crippen molar-refractivity contribution in [2.45, 2.75) is 0 Å². The van der Waals surface area contributed by atoms with E-state index >= 15 is 0 Å². The first kappa shape index (κ1) is 24.1. The second-order valence-corrected chi connectivity index (χ2v) is 7.74. The first-order valence-electron chi connectivity index (χ1n) is 10.1. The molecule has 2 N–H and O–H groups in total. The largest absolute Gasteiger partial charge is 0.490 e. The maximum Gasteiger partial charge on any atom is 0.329 e. The van der Waals surface area contributed by atoms with E-state index in [1.807, 2.05) is 0 Å². The molecule has 0 bridgehead atoms. The summed E-state index contributed by atoms with van der Waals surface area (Å²) in [6.07, 6.45) is 3.01. The number of hydrazone groups is 1. The van der Waals surface area contributed by atoms with E-state index in [0.717, 1.165) is 4.47 Å². The van der Waals surface area contributed by atoms with Gasteiger partial charge in [-0.1, -0.05) is 40.7 Å². The van der Waals surface area contributed by atoms with Crippen LogP contribution in [-0.2, 0) is 14.3 Å². The molecule has 2 aromatic rings. The number of hydrogen-bond acceptors (Lipinski definition) is 6. The van der Waals surface area contributed by atoms with Gasteiger partial charge in [0.2, 0.25) is 0 Å². The molecule has 0 spiro atoms. The van der Waals surface area contributed by atoms with Crippen LogP contribution < -0.4 is 15.5 Å². The predicted octanol–water partition coefficient (Wildman–Crippen LogP) is 2.58. The monoisotopic (exact) mass is 514 g/mol. The van der Waals surface area contributed by atoms with Crippen molar-refractivity contribution in [3.63, 3.8) is 0 Å². The molecule has 1 aliphatic rings. The smallest absolute Gasteiger partial charge is 0.329 e. The zero-order chi connectivity index (χ0) is 23.6. The number of nitrogens with zero attached hydrogens (tertiary/aromatic N) is 2. The number of morpholine rings is 1. The van der Waals surface area contributed by atoms with E-state index in [1.165, 1.54) is 6.21 Å². The van der Waals surface area contributed by atoms with Crippen LogP contribution in [0, 0.1) is 0 Å². The minimum atomic E-state index is -0.977. The average molecular weight is 515 g/mol. The standard InChI is InChI=1S/C23H23BrN4O5/c1-2-11-33-17-7-8-19(24)16(14-17)15-25-27-22(30)21(29)26-20-6-4-3-5-18(20)23(31)28-9-12-32-13-10-28/h2-8,14-15H,1,9-13H2,(H,26,29)(H,27,30). The first-order valence-corrected chi connectivity index (χ1v) is 10.9. The van der Waals surface area contributed by atoms with Crippen molar-refractivity contribution >= 4 is 45.6 Å². The van der Waals surface area contributed by atoms with Crippen molar-refractivity contribution in [1.29, 1.82) is 0 Å². The number of carbonyl (C=O) groups is 3. The summed E-state index contributed by atoms with van der Waals surface area (Å²) in [6.45, 7) is 5.79. The van der Waals surface area contributed by atoms with Gasteiger partial charge in [0.1, 0.15) is 12.4 Å². The van der Waals surface area contributed by atoms with E-state index in [4.69, 9.17) is 9.47 Å². The highest BCUT2D eigenvalue weighted by molar-refractivity contribution is 9.10. The molecule has 0 radical (unpaired) electrons. The third-order valence-corrected chi connectivity index (χ3v) is 5.34. The van der Waals surface area contributed by atoms with Crippen LogP contribution in [0.2, 0.25) is 0 Å². The average Bonchev–Trinajstić information content (AvgIpc) is 2.84. The molecule has 1 saturated heterocycles. The normalized spacial score (nSPS) is 13.4. The number of halogens is 1. The highest BCUT2D eigenvalue weighted by Crippen LogP contribution is 2.21. The minimum absolute atomic E-state index is 0.240. The van der Waals surface area contributed by atoms with Gasteiger partial charge in [0.25, 0.3) is 5.91 Å². The third kappa shape index (κ3) is 6.74. The number of benzene rings is 2.